The van der Waals surface area contributed by atoms with Gasteiger partial charge in [0.2, 0.25) is 0 Å². The third-order valence-electron chi connectivity index (χ3n) is 1.96. The average Bonchev–Trinajstić information content (AvgIpc) is 2.59. The standard InChI is InChI=1S/C10H18N2O2/c1-9(2)14-5-3-4-12-8-11-6-10(12)7-13/h6,8-9,13H,3-5,7H2,1-2H3. The van der Waals surface area contributed by atoms with Gasteiger partial charge in [0.15, 0.2) is 0 Å². The third kappa shape index (κ3) is 3.47. The summed E-state index contributed by atoms with van der Waals surface area (Å²) in [4.78, 5) is 3.97. The first-order valence-electron chi connectivity index (χ1n) is 4.95. The fourth-order valence-electron chi connectivity index (χ4n) is 1.24. The van der Waals surface area contributed by atoms with Crippen molar-refractivity contribution < 1.29 is 9.84 Å². The van der Waals surface area contributed by atoms with Crippen LogP contribution in [0.3, 0.4) is 0 Å². The minimum absolute atomic E-state index is 0.0467. The molecule has 0 atom stereocenters. The van der Waals surface area contributed by atoms with Crippen LogP contribution in [0.2, 0.25) is 0 Å². The molecule has 0 fully saturated rings. The molecule has 0 aromatic carbocycles. The maximum Gasteiger partial charge on any atom is 0.0948 e. The van der Waals surface area contributed by atoms with E-state index in [0.717, 1.165) is 25.3 Å². The highest BCUT2D eigenvalue weighted by Gasteiger charge is 2.00. The molecule has 0 radical (unpaired) electrons. The minimum Gasteiger partial charge on any atom is -0.390 e. The molecule has 1 rings (SSSR count). The molecule has 0 saturated heterocycles. The van der Waals surface area contributed by atoms with Crippen LogP contribution in [0.5, 0.6) is 0 Å². The maximum absolute atomic E-state index is 8.96. The largest absolute Gasteiger partial charge is 0.390 e. The Morgan fingerprint density at radius 2 is 2.36 bits per heavy atom. The van der Waals surface area contributed by atoms with Crippen molar-refractivity contribution in [3.63, 3.8) is 0 Å². The first kappa shape index (κ1) is 11.2. The van der Waals surface area contributed by atoms with E-state index in [9.17, 15) is 0 Å². The van der Waals surface area contributed by atoms with Gasteiger partial charge >= 0.3 is 0 Å². The quantitative estimate of drug-likeness (QED) is 0.698. The van der Waals surface area contributed by atoms with E-state index >= 15 is 0 Å². The van der Waals surface area contributed by atoms with E-state index in [0.29, 0.717) is 0 Å². The SMILES string of the molecule is CC(C)OCCCn1cncc1CO. The summed E-state index contributed by atoms with van der Waals surface area (Å²) in [6.45, 7) is 5.70. The second-order valence-corrected chi connectivity index (χ2v) is 3.51. The topological polar surface area (TPSA) is 47.3 Å². The number of aliphatic hydroxyl groups is 1. The summed E-state index contributed by atoms with van der Waals surface area (Å²) in [5.74, 6) is 0. The summed E-state index contributed by atoms with van der Waals surface area (Å²) in [7, 11) is 0. The van der Waals surface area contributed by atoms with Crippen molar-refractivity contribution in [2.45, 2.75) is 39.5 Å². The molecule has 80 valence electrons. The Morgan fingerprint density at radius 1 is 1.57 bits per heavy atom. The van der Waals surface area contributed by atoms with Gasteiger partial charge in [-0.25, -0.2) is 4.98 Å². The zero-order valence-corrected chi connectivity index (χ0v) is 8.81. The van der Waals surface area contributed by atoms with Crippen molar-refractivity contribution >= 4 is 0 Å². The molecule has 0 aliphatic carbocycles. The van der Waals surface area contributed by atoms with Crippen LogP contribution < -0.4 is 0 Å². The van der Waals surface area contributed by atoms with Crippen LogP contribution >= 0.6 is 0 Å². The number of rotatable bonds is 6. The molecule has 14 heavy (non-hydrogen) atoms. The highest BCUT2D eigenvalue weighted by atomic mass is 16.5. The lowest BCUT2D eigenvalue weighted by Crippen LogP contribution is -2.08. The molecular formula is C10H18N2O2. The zero-order chi connectivity index (χ0) is 10.4. The van der Waals surface area contributed by atoms with Gasteiger partial charge < -0.3 is 14.4 Å². The summed E-state index contributed by atoms with van der Waals surface area (Å²) in [6, 6.07) is 0. The van der Waals surface area contributed by atoms with E-state index < -0.39 is 0 Å². The van der Waals surface area contributed by atoms with Gasteiger partial charge in [-0.05, 0) is 20.3 Å². The van der Waals surface area contributed by atoms with Gasteiger partial charge in [-0.15, -0.1) is 0 Å². The second kappa shape index (κ2) is 5.78. The second-order valence-electron chi connectivity index (χ2n) is 3.51. The highest BCUT2D eigenvalue weighted by Crippen LogP contribution is 2.01. The van der Waals surface area contributed by atoms with Crippen LogP contribution in [0.1, 0.15) is 26.0 Å². The fraction of sp³-hybridized carbons (Fsp3) is 0.700. The van der Waals surface area contributed by atoms with Crippen molar-refractivity contribution in [2.24, 2.45) is 0 Å². The number of hydrogen-bond acceptors (Lipinski definition) is 3. The molecule has 0 bridgehead atoms. The number of aliphatic hydroxyl groups excluding tert-OH is 1. The molecule has 0 aliphatic heterocycles. The van der Waals surface area contributed by atoms with Crippen molar-refractivity contribution in [3.8, 4) is 0 Å². The van der Waals surface area contributed by atoms with Crippen molar-refractivity contribution in [2.75, 3.05) is 6.61 Å². The van der Waals surface area contributed by atoms with Gasteiger partial charge in [-0.1, -0.05) is 0 Å². The van der Waals surface area contributed by atoms with Gasteiger partial charge in [0.25, 0.3) is 0 Å². The lowest BCUT2D eigenvalue weighted by Gasteiger charge is -2.08. The van der Waals surface area contributed by atoms with Gasteiger partial charge in [0, 0.05) is 13.2 Å². The van der Waals surface area contributed by atoms with Gasteiger partial charge in [-0.3, -0.25) is 0 Å². The summed E-state index contributed by atoms with van der Waals surface area (Å²) in [5.41, 5.74) is 0.856. The molecule has 0 saturated carbocycles. The molecule has 4 nitrogen and oxygen atoms in total. The van der Waals surface area contributed by atoms with Crippen LogP contribution in [0.25, 0.3) is 0 Å². The maximum atomic E-state index is 8.96. The average molecular weight is 198 g/mol. The first-order chi connectivity index (χ1) is 6.74. The summed E-state index contributed by atoms with van der Waals surface area (Å²) < 4.78 is 7.37. The number of nitrogens with zero attached hydrogens (tertiary/aromatic N) is 2. The molecule has 1 aromatic heterocycles. The Labute approximate surface area is 84.5 Å². The Morgan fingerprint density at radius 3 is 3.00 bits per heavy atom. The van der Waals surface area contributed by atoms with Crippen molar-refractivity contribution in [1.82, 2.24) is 9.55 Å². The van der Waals surface area contributed by atoms with E-state index in [-0.39, 0.29) is 12.7 Å². The van der Waals surface area contributed by atoms with Gasteiger partial charge in [0.05, 0.1) is 30.9 Å². The molecule has 0 unspecified atom stereocenters. The number of imidazole rings is 1. The van der Waals surface area contributed by atoms with Crippen LogP contribution in [-0.2, 0) is 17.9 Å². The lowest BCUT2D eigenvalue weighted by atomic mass is 10.4. The van der Waals surface area contributed by atoms with E-state index in [1.54, 1.807) is 12.5 Å². The monoisotopic (exact) mass is 198 g/mol. The fourth-order valence-corrected chi connectivity index (χ4v) is 1.24. The highest BCUT2D eigenvalue weighted by molar-refractivity contribution is 4.95. The smallest absolute Gasteiger partial charge is 0.0948 e. The van der Waals surface area contributed by atoms with Crippen molar-refractivity contribution in [3.05, 3.63) is 18.2 Å². The molecule has 0 amide bonds. The van der Waals surface area contributed by atoms with Crippen molar-refractivity contribution in [1.29, 1.82) is 0 Å². The Kier molecular flexibility index (Phi) is 4.62. The molecule has 1 N–H and O–H groups in total. The molecule has 1 aromatic rings. The molecule has 0 spiro atoms. The predicted octanol–water partition coefficient (Wildman–Crippen LogP) is 1.19. The van der Waals surface area contributed by atoms with Crippen LogP contribution in [-0.4, -0.2) is 27.4 Å². The predicted molar refractivity (Wildman–Crippen MR) is 53.9 cm³/mol. The normalized spacial score (nSPS) is 11.1. The van der Waals surface area contributed by atoms with Crippen LogP contribution in [0.4, 0.5) is 0 Å². The zero-order valence-electron chi connectivity index (χ0n) is 8.81. The number of ether oxygens (including phenoxy) is 1. The lowest BCUT2D eigenvalue weighted by molar-refractivity contribution is 0.0745. The van der Waals surface area contributed by atoms with E-state index in [1.165, 1.54) is 0 Å². The van der Waals surface area contributed by atoms with E-state index in [1.807, 2.05) is 18.4 Å². The van der Waals surface area contributed by atoms with E-state index in [4.69, 9.17) is 9.84 Å². The van der Waals surface area contributed by atoms with Crippen LogP contribution in [0, 0.1) is 0 Å². The Hall–Kier alpha value is -0.870. The number of hydrogen-bond donors (Lipinski definition) is 1. The summed E-state index contributed by atoms with van der Waals surface area (Å²) >= 11 is 0. The molecular weight excluding hydrogens is 180 g/mol. The Balaban J connectivity index is 2.24. The number of aromatic nitrogens is 2. The molecule has 1 heterocycles. The third-order valence-corrected chi connectivity index (χ3v) is 1.96. The minimum atomic E-state index is 0.0467. The van der Waals surface area contributed by atoms with Gasteiger partial charge in [0.1, 0.15) is 0 Å². The molecule has 4 heteroatoms. The Bertz CT molecular complexity index is 258. The molecule has 0 aliphatic rings. The first-order valence-corrected chi connectivity index (χ1v) is 4.95. The summed E-state index contributed by atoms with van der Waals surface area (Å²) in [6.07, 6.45) is 4.65. The number of aryl methyl sites for hydroxylation is 1. The van der Waals surface area contributed by atoms with E-state index in [2.05, 4.69) is 4.98 Å². The van der Waals surface area contributed by atoms with Gasteiger partial charge in [-0.2, -0.15) is 0 Å². The van der Waals surface area contributed by atoms with Crippen LogP contribution in [0.15, 0.2) is 12.5 Å². The summed E-state index contributed by atoms with van der Waals surface area (Å²) in [5, 5.41) is 8.96.